The average Bonchev–Trinajstić information content (AvgIpc) is 3.56. The third-order valence-electron chi connectivity index (χ3n) is 6.68. The highest BCUT2D eigenvalue weighted by Crippen LogP contribution is 2.40. The van der Waals surface area contributed by atoms with Gasteiger partial charge in [0.15, 0.2) is 5.65 Å². The minimum Gasteiger partial charge on any atom is -0.378 e. The molecular weight excluding hydrogens is 394 g/mol. The molecule has 3 fully saturated rings. The number of carbonyl (C=O) groups is 2. The van der Waals surface area contributed by atoms with Gasteiger partial charge in [0.25, 0.3) is 5.91 Å². The Balaban J connectivity index is 1.42. The van der Waals surface area contributed by atoms with Crippen molar-refractivity contribution in [2.24, 2.45) is 5.92 Å². The molecule has 1 aliphatic carbocycles. The van der Waals surface area contributed by atoms with E-state index in [1.807, 2.05) is 20.5 Å². The van der Waals surface area contributed by atoms with E-state index in [1.165, 1.54) is 0 Å². The summed E-state index contributed by atoms with van der Waals surface area (Å²) in [5, 5.41) is 5.33. The summed E-state index contributed by atoms with van der Waals surface area (Å²) in [7, 11) is 0. The number of amides is 2. The molecule has 0 N–H and O–H groups in total. The van der Waals surface area contributed by atoms with E-state index >= 15 is 0 Å². The fraction of sp³-hybridized carbons (Fsp3) is 0.652. The Bertz CT molecular complexity index is 991. The fourth-order valence-corrected chi connectivity index (χ4v) is 4.76. The minimum absolute atomic E-state index is 0.00270. The van der Waals surface area contributed by atoms with Crippen LogP contribution in [0.3, 0.4) is 0 Å². The summed E-state index contributed by atoms with van der Waals surface area (Å²) >= 11 is 0. The smallest absolute Gasteiger partial charge is 0.254 e. The van der Waals surface area contributed by atoms with Crippen molar-refractivity contribution in [2.45, 2.75) is 51.5 Å². The number of morpholine rings is 1. The number of likely N-dealkylation sites (tertiary alicyclic amines) is 1. The van der Waals surface area contributed by atoms with Gasteiger partial charge in [-0.2, -0.15) is 5.10 Å². The summed E-state index contributed by atoms with van der Waals surface area (Å²) in [6, 6.07) is 2.15. The standard InChI is InChI=1S/C23H31N5O3/c1-15(2)28-21-19(13-24-28)18(12-20(25-21)16-5-6-16)23(30)27-7-3-4-17(14-27)22(29)26-8-10-31-11-9-26/h12-13,15-17H,3-11,14H2,1-2H3. The molecule has 0 aromatic carbocycles. The summed E-state index contributed by atoms with van der Waals surface area (Å²) in [4.78, 5) is 35.3. The first-order chi connectivity index (χ1) is 15.0. The zero-order valence-electron chi connectivity index (χ0n) is 18.4. The van der Waals surface area contributed by atoms with Crippen LogP contribution >= 0.6 is 0 Å². The van der Waals surface area contributed by atoms with Gasteiger partial charge >= 0.3 is 0 Å². The van der Waals surface area contributed by atoms with Crippen LogP contribution in [-0.2, 0) is 9.53 Å². The molecule has 1 saturated carbocycles. The van der Waals surface area contributed by atoms with E-state index < -0.39 is 0 Å². The molecule has 8 nitrogen and oxygen atoms in total. The molecule has 0 bridgehead atoms. The number of carbonyl (C=O) groups excluding carboxylic acids is 2. The molecule has 2 aromatic rings. The normalized spacial score (nSPS) is 22.4. The van der Waals surface area contributed by atoms with Crippen LogP contribution in [0.15, 0.2) is 12.3 Å². The highest BCUT2D eigenvalue weighted by molar-refractivity contribution is 6.05. The van der Waals surface area contributed by atoms with Crippen molar-refractivity contribution in [2.75, 3.05) is 39.4 Å². The van der Waals surface area contributed by atoms with E-state index in [1.54, 1.807) is 6.20 Å². The highest BCUT2D eigenvalue weighted by atomic mass is 16.5. The number of ether oxygens (including phenoxy) is 1. The Labute approximate surface area is 182 Å². The molecule has 2 aliphatic heterocycles. The molecule has 2 aromatic heterocycles. The van der Waals surface area contributed by atoms with Gasteiger partial charge in [-0.3, -0.25) is 9.59 Å². The molecule has 166 valence electrons. The third kappa shape index (κ3) is 3.93. The van der Waals surface area contributed by atoms with Crippen molar-refractivity contribution in [1.82, 2.24) is 24.6 Å². The van der Waals surface area contributed by atoms with Gasteiger partial charge < -0.3 is 14.5 Å². The zero-order chi connectivity index (χ0) is 21.5. The zero-order valence-corrected chi connectivity index (χ0v) is 18.4. The van der Waals surface area contributed by atoms with E-state index in [0.717, 1.165) is 42.4 Å². The van der Waals surface area contributed by atoms with Crippen molar-refractivity contribution in [3.63, 3.8) is 0 Å². The van der Waals surface area contributed by atoms with Crippen molar-refractivity contribution in [3.8, 4) is 0 Å². The summed E-state index contributed by atoms with van der Waals surface area (Å²) in [5.74, 6) is 0.474. The first kappa shape index (κ1) is 20.4. The number of rotatable bonds is 4. The molecule has 1 unspecified atom stereocenters. The quantitative estimate of drug-likeness (QED) is 0.752. The van der Waals surface area contributed by atoms with Crippen LogP contribution in [0.4, 0.5) is 0 Å². The predicted molar refractivity (Wildman–Crippen MR) is 116 cm³/mol. The second kappa shape index (κ2) is 8.22. The molecule has 5 rings (SSSR count). The molecule has 31 heavy (non-hydrogen) atoms. The molecule has 0 radical (unpaired) electrons. The maximum Gasteiger partial charge on any atom is 0.254 e. The number of hydrogen-bond acceptors (Lipinski definition) is 5. The fourth-order valence-electron chi connectivity index (χ4n) is 4.76. The first-order valence-electron chi connectivity index (χ1n) is 11.6. The van der Waals surface area contributed by atoms with Crippen LogP contribution in [0, 0.1) is 5.92 Å². The molecule has 0 spiro atoms. The molecule has 2 amide bonds. The van der Waals surface area contributed by atoms with Crippen LogP contribution < -0.4 is 0 Å². The Hall–Kier alpha value is -2.48. The topological polar surface area (TPSA) is 80.6 Å². The second-order valence-corrected chi connectivity index (χ2v) is 9.32. The van der Waals surface area contributed by atoms with Gasteiger partial charge in [0.1, 0.15) is 0 Å². The predicted octanol–water partition coefficient (Wildman–Crippen LogP) is 2.60. The second-order valence-electron chi connectivity index (χ2n) is 9.32. The van der Waals surface area contributed by atoms with Gasteiger partial charge in [-0.1, -0.05) is 0 Å². The summed E-state index contributed by atoms with van der Waals surface area (Å²) in [6.07, 6.45) is 5.71. The van der Waals surface area contributed by atoms with Gasteiger partial charge in [-0.05, 0) is 45.6 Å². The van der Waals surface area contributed by atoms with Crippen molar-refractivity contribution in [1.29, 1.82) is 0 Å². The van der Waals surface area contributed by atoms with Gasteiger partial charge in [0, 0.05) is 43.8 Å². The maximum atomic E-state index is 13.6. The van der Waals surface area contributed by atoms with Crippen LogP contribution in [0.25, 0.3) is 11.0 Å². The van der Waals surface area contributed by atoms with Gasteiger partial charge in [-0.15, -0.1) is 0 Å². The van der Waals surface area contributed by atoms with Gasteiger partial charge in [-0.25, -0.2) is 9.67 Å². The van der Waals surface area contributed by atoms with Crippen LogP contribution in [0.2, 0.25) is 0 Å². The van der Waals surface area contributed by atoms with Crippen LogP contribution in [0.1, 0.15) is 67.5 Å². The maximum absolute atomic E-state index is 13.6. The Morgan fingerprint density at radius 2 is 1.87 bits per heavy atom. The van der Waals surface area contributed by atoms with Crippen molar-refractivity contribution < 1.29 is 14.3 Å². The van der Waals surface area contributed by atoms with E-state index in [0.29, 0.717) is 50.9 Å². The van der Waals surface area contributed by atoms with Gasteiger partial charge in [0.05, 0.1) is 36.3 Å². The van der Waals surface area contributed by atoms with E-state index in [-0.39, 0.29) is 23.8 Å². The molecular formula is C23H31N5O3. The molecule has 4 heterocycles. The summed E-state index contributed by atoms with van der Waals surface area (Å²) in [5.41, 5.74) is 2.47. The lowest BCUT2D eigenvalue weighted by atomic mass is 9.95. The minimum atomic E-state index is -0.130. The molecule has 8 heteroatoms. The van der Waals surface area contributed by atoms with Crippen LogP contribution in [0.5, 0.6) is 0 Å². The summed E-state index contributed by atoms with van der Waals surface area (Å²) < 4.78 is 7.28. The first-order valence-corrected chi connectivity index (χ1v) is 11.6. The number of hydrogen-bond donors (Lipinski definition) is 0. The molecule has 1 atom stereocenters. The molecule has 2 saturated heterocycles. The lowest BCUT2D eigenvalue weighted by molar-refractivity contribution is -0.141. The largest absolute Gasteiger partial charge is 0.378 e. The average molecular weight is 426 g/mol. The summed E-state index contributed by atoms with van der Waals surface area (Å²) in [6.45, 7) is 7.81. The van der Waals surface area contributed by atoms with Crippen molar-refractivity contribution >= 4 is 22.8 Å². The van der Waals surface area contributed by atoms with E-state index in [4.69, 9.17) is 9.72 Å². The molecule has 3 aliphatic rings. The van der Waals surface area contributed by atoms with Crippen molar-refractivity contribution in [3.05, 3.63) is 23.5 Å². The van der Waals surface area contributed by atoms with E-state index in [9.17, 15) is 9.59 Å². The highest BCUT2D eigenvalue weighted by Gasteiger charge is 2.34. The SMILES string of the molecule is CC(C)n1ncc2c(C(=O)N3CCCC(C(=O)N4CCOCC4)C3)cc(C3CC3)nc21. The number of pyridine rings is 1. The lowest BCUT2D eigenvalue weighted by Crippen LogP contribution is -2.49. The van der Waals surface area contributed by atoms with Crippen LogP contribution in [-0.4, -0.2) is 75.8 Å². The van der Waals surface area contributed by atoms with Gasteiger partial charge in [0.2, 0.25) is 5.91 Å². The monoisotopic (exact) mass is 425 g/mol. The third-order valence-corrected chi connectivity index (χ3v) is 6.68. The Morgan fingerprint density at radius 3 is 2.58 bits per heavy atom. The number of fused-ring (bicyclic) bond motifs is 1. The number of aromatic nitrogens is 3. The number of nitrogens with zero attached hydrogens (tertiary/aromatic N) is 5. The Kier molecular flexibility index (Phi) is 5.42. The number of piperidine rings is 1. The van der Waals surface area contributed by atoms with E-state index in [2.05, 4.69) is 18.9 Å². The Morgan fingerprint density at radius 1 is 1.10 bits per heavy atom. The lowest BCUT2D eigenvalue weighted by Gasteiger charge is -2.36.